The van der Waals surface area contributed by atoms with E-state index in [9.17, 15) is 0 Å². The number of thiazole rings is 1. The van der Waals surface area contributed by atoms with Crippen molar-refractivity contribution >= 4 is 39.7 Å². The van der Waals surface area contributed by atoms with Gasteiger partial charge in [0.2, 0.25) is 0 Å². The van der Waals surface area contributed by atoms with Crippen molar-refractivity contribution in [3.8, 4) is 6.01 Å². The highest BCUT2D eigenvalue weighted by atomic mass is 35.5. The summed E-state index contributed by atoms with van der Waals surface area (Å²) in [5.41, 5.74) is 4.16. The highest BCUT2D eigenvalue weighted by molar-refractivity contribution is 7.11. The molecular weight excluding hydrogens is 406 g/mol. The van der Waals surface area contributed by atoms with E-state index in [4.69, 9.17) is 16.3 Å². The molecule has 6 nitrogen and oxygen atoms in total. The first-order valence-corrected chi connectivity index (χ1v) is 10.6. The van der Waals surface area contributed by atoms with Gasteiger partial charge in [-0.25, -0.2) is 4.98 Å². The molecule has 3 heterocycles. The van der Waals surface area contributed by atoms with Gasteiger partial charge in [0.15, 0.2) is 0 Å². The van der Waals surface area contributed by atoms with Crippen LogP contribution >= 0.6 is 22.9 Å². The van der Waals surface area contributed by atoms with Gasteiger partial charge in [-0.1, -0.05) is 29.8 Å². The van der Waals surface area contributed by atoms with Gasteiger partial charge in [0.25, 0.3) is 0 Å². The third kappa shape index (κ3) is 4.36. The number of para-hydroxylation sites is 1. The number of fused-ring (bicyclic) bond motifs is 1. The summed E-state index contributed by atoms with van der Waals surface area (Å²) < 4.78 is 5.81. The van der Waals surface area contributed by atoms with Crippen molar-refractivity contribution in [1.29, 1.82) is 0 Å². The van der Waals surface area contributed by atoms with Crippen molar-refractivity contribution in [3.63, 3.8) is 0 Å². The topological polar surface area (TPSA) is 75.7 Å². The van der Waals surface area contributed by atoms with Gasteiger partial charge in [-0.05, 0) is 32.4 Å². The fourth-order valence-electron chi connectivity index (χ4n) is 3.20. The molecule has 0 aliphatic heterocycles. The van der Waals surface area contributed by atoms with Gasteiger partial charge in [-0.2, -0.15) is 9.97 Å². The molecule has 0 atom stereocenters. The maximum Gasteiger partial charge on any atom is 0.319 e. The first-order valence-electron chi connectivity index (χ1n) is 9.40. The number of nitrogens with one attached hydrogen (secondary N) is 2. The Hall–Kier alpha value is -2.64. The monoisotopic (exact) mass is 427 g/mol. The van der Waals surface area contributed by atoms with Crippen LogP contribution in [0.1, 0.15) is 26.7 Å². The Morgan fingerprint density at radius 2 is 1.97 bits per heavy atom. The summed E-state index contributed by atoms with van der Waals surface area (Å²) in [5, 5.41) is 5.99. The maximum atomic E-state index is 6.31. The number of nitrogens with zero attached hydrogens (tertiary/aromatic N) is 3. The fraction of sp³-hybridized carbons (Fsp3) is 0.286. The average Bonchev–Trinajstić information content (AvgIpc) is 3.26. The van der Waals surface area contributed by atoms with E-state index in [2.05, 4.69) is 37.4 Å². The highest BCUT2D eigenvalue weighted by Crippen LogP contribution is 2.25. The van der Waals surface area contributed by atoms with Crippen molar-refractivity contribution in [2.24, 2.45) is 0 Å². The van der Waals surface area contributed by atoms with E-state index in [-0.39, 0.29) is 6.01 Å². The third-order valence-corrected chi connectivity index (χ3v) is 6.20. The minimum atomic E-state index is 0.278. The molecule has 1 aromatic carbocycles. The molecule has 8 heteroatoms. The van der Waals surface area contributed by atoms with E-state index in [1.807, 2.05) is 39.1 Å². The Bertz CT molecular complexity index is 1150. The van der Waals surface area contributed by atoms with Crippen LogP contribution in [0.3, 0.4) is 0 Å². The van der Waals surface area contributed by atoms with E-state index >= 15 is 0 Å². The summed E-state index contributed by atoms with van der Waals surface area (Å²) in [4.78, 5) is 17.7. The Kier molecular flexibility index (Phi) is 5.69. The molecule has 4 aromatic rings. The molecule has 150 valence electrons. The molecule has 0 spiro atoms. The van der Waals surface area contributed by atoms with E-state index in [1.54, 1.807) is 11.3 Å². The molecular formula is C21H22ClN5OS. The summed E-state index contributed by atoms with van der Waals surface area (Å²) in [6.07, 6.45) is 2.77. The summed E-state index contributed by atoms with van der Waals surface area (Å²) in [6.45, 7) is 7.02. The van der Waals surface area contributed by atoms with Crippen molar-refractivity contribution in [1.82, 2.24) is 19.9 Å². The maximum absolute atomic E-state index is 6.31. The summed E-state index contributed by atoms with van der Waals surface area (Å²) in [6, 6.07) is 8.50. The largest absolute Gasteiger partial charge is 0.463 e. The Balaban J connectivity index is 1.43. The molecule has 2 N–H and O–H groups in total. The zero-order chi connectivity index (χ0) is 20.4. The van der Waals surface area contributed by atoms with Gasteiger partial charge in [0.05, 0.1) is 23.9 Å². The zero-order valence-corrected chi connectivity index (χ0v) is 18.1. The van der Waals surface area contributed by atoms with Gasteiger partial charge in [0.1, 0.15) is 11.0 Å². The van der Waals surface area contributed by atoms with Crippen LogP contribution in [0.2, 0.25) is 5.15 Å². The number of aryl methyl sites for hydroxylation is 2. The smallest absolute Gasteiger partial charge is 0.319 e. The van der Waals surface area contributed by atoms with E-state index in [0.29, 0.717) is 24.1 Å². The van der Waals surface area contributed by atoms with E-state index < -0.39 is 0 Å². The highest BCUT2D eigenvalue weighted by Gasteiger charge is 2.12. The SMILES string of the molecule is Cc1nc(C)c(CNc2nc(OCCc3c[nH]c4ccccc34)nc(Cl)c2C)s1. The predicted octanol–water partition coefficient (Wildman–Crippen LogP) is 5.23. The minimum Gasteiger partial charge on any atom is -0.463 e. The predicted molar refractivity (Wildman–Crippen MR) is 118 cm³/mol. The first kappa shape index (κ1) is 19.7. The molecule has 0 saturated carbocycles. The zero-order valence-electron chi connectivity index (χ0n) is 16.5. The van der Waals surface area contributed by atoms with Crippen LogP contribution in [0.4, 0.5) is 5.82 Å². The second kappa shape index (κ2) is 8.39. The fourth-order valence-corrected chi connectivity index (χ4v) is 4.24. The van der Waals surface area contributed by atoms with Gasteiger partial charge in [-0.15, -0.1) is 11.3 Å². The first-order chi connectivity index (χ1) is 14.0. The van der Waals surface area contributed by atoms with Crippen molar-refractivity contribution in [2.75, 3.05) is 11.9 Å². The molecule has 0 bridgehead atoms. The van der Waals surface area contributed by atoms with Crippen molar-refractivity contribution < 1.29 is 4.74 Å². The minimum absolute atomic E-state index is 0.278. The third-order valence-electron chi connectivity index (χ3n) is 4.76. The Morgan fingerprint density at radius 3 is 2.76 bits per heavy atom. The standard InChI is InChI=1S/C21H22ClN5OS/c1-12-19(22)26-21(27-20(12)24-11-18-13(2)25-14(3)29-18)28-9-8-15-10-23-17-7-5-4-6-16(15)17/h4-7,10,23H,8-9,11H2,1-3H3,(H,24,26,27). The van der Waals surface area contributed by atoms with Crippen LogP contribution in [0.5, 0.6) is 6.01 Å². The molecule has 0 radical (unpaired) electrons. The molecule has 29 heavy (non-hydrogen) atoms. The lowest BCUT2D eigenvalue weighted by atomic mass is 10.1. The number of H-pyrrole nitrogens is 1. The van der Waals surface area contributed by atoms with Crippen molar-refractivity contribution in [2.45, 2.75) is 33.7 Å². The molecule has 3 aromatic heterocycles. The molecule has 0 fully saturated rings. The number of anilines is 1. The van der Waals surface area contributed by atoms with Crippen LogP contribution in [0.15, 0.2) is 30.5 Å². The molecule has 4 rings (SSSR count). The van der Waals surface area contributed by atoms with Crippen LogP contribution < -0.4 is 10.1 Å². The normalized spacial score (nSPS) is 11.2. The molecule has 0 aliphatic carbocycles. The number of rotatable bonds is 7. The summed E-state index contributed by atoms with van der Waals surface area (Å²) in [7, 11) is 0. The van der Waals surface area contributed by atoms with Crippen molar-refractivity contribution in [3.05, 3.63) is 62.3 Å². The van der Waals surface area contributed by atoms with E-state index in [0.717, 1.165) is 28.2 Å². The number of halogens is 1. The lowest BCUT2D eigenvalue weighted by Crippen LogP contribution is -2.09. The molecule has 0 saturated heterocycles. The number of aromatic amines is 1. The lowest BCUT2D eigenvalue weighted by Gasteiger charge is -2.11. The molecule has 0 unspecified atom stereocenters. The number of hydrogen-bond acceptors (Lipinski definition) is 6. The number of ether oxygens (including phenoxy) is 1. The second-order valence-corrected chi connectivity index (χ2v) is 8.47. The van der Waals surface area contributed by atoms with Crippen LogP contribution in [-0.4, -0.2) is 26.5 Å². The quantitative estimate of drug-likeness (QED) is 0.395. The van der Waals surface area contributed by atoms with Crippen LogP contribution in [0, 0.1) is 20.8 Å². The molecule has 0 aliphatic rings. The van der Waals surface area contributed by atoms with Gasteiger partial charge in [0, 0.05) is 34.0 Å². The van der Waals surface area contributed by atoms with Gasteiger partial charge in [-0.3, -0.25) is 0 Å². The van der Waals surface area contributed by atoms with Crippen LogP contribution in [-0.2, 0) is 13.0 Å². The van der Waals surface area contributed by atoms with E-state index in [1.165, 1.54) is 15.8 Å². The van der Waals surface area contributed by atoms with Gasteiger partial charge < -0.3 is 15.0 Å². The second-order valence-electron chi connectivity index (χ2n) is 6.82. The Labute approximate surface area is 178 Å². The number of hydrogen-bond donors (Lipinski definition) is 2. The lowest BCUT2D eigenvalue weighted by molar-refractivity contribution is 0.297. The summed E-state index contributed by atoms with van der Waals surface area (Å²) in [5.74, 6) is 0.678. The number of benzene rings is 1. The average molecular weight is 428 g/mol. The van der Waals surface area contributed by atoms with Crippen LogP contribution in [0.25, 0.3) is 10.9 Å². The summed E-state index contributed by atoms with van der Waals surface area (Å²) >= 11 is 7.98. The van der Waals surface area contributed by atoms with Gasteiger partial charge >= 0.3 is 6.01 Å². The molecule has 0 amide bonds. The Morgan fingerprint density at radius 1 is 1.14 bits per heavy atom. The number of aromatic nitrogens is 4.